The van der Waals surface area contributed by atoms with E-state index in [0.29, 0.717) is 22.0 Å². The Morgan fingerprint density at radius 3 is 2.57 bits per heavy atom. The second kappa shape index (κ2) is 9.91. The minimum Gasteiger partial charge on any atom is -0.320 e. The number of unbranched alkanes of at least 4 members (excludes halogenated alkanes) is 1. The number of hydrogen-bond acceptors (Lipinski definition) is 2. The summed E-state index contributed by atoms with van der Waals surface area (Å²) in [4.78, 5) is 0. The van der Waals surface area contributed by atoms with E-state index in [9.17, 15) is 0 Å². The van der Waals surface area contributed by atoms with Gasteiger partial charge in [-0.25, -0.2) is 0 Å². The maximum absolute atomic E-state index is 6.14. The summed E-state index contributed by atoms with van der Waals surface area (Å²) >= 11 is 12.1. The van der Waals surface area contributed by atoms with Gasteiger partial charge in [0.2, 0.25) is 0 Å². The van der Waals surface area contributed by atoms with Crippen LogP contribution in [0.1, 0.15) is 43.6 Å². The molecule has 1 fully saturated rings. The molecule has 120 valence electrons. The van der Waals surface area contributed by atoms with Crippen molar-refractivity contribution < 1.29 is 0 Å². The summed E-state index contributed by atoms with van der Waals surface area (Å²) in [7, 11) is 2.00. The van der Waals surface area contributed by atoms with Gasteiger partial charge in [0.25, 0.3) is 0 Å². The fraction of sp³-hybridized carbons (Fsp3) is 0.625. The molecule has 21 heavy (non-hydrogen) atoms. The lowest BCUT2D eigenvalue weighted by Gasteiger charge is -2.22. The number of benzene rings is 1. The van der Waals surface area contributed by atoms with Crippen LogP contribution in [0.25, 0.3) is 0 Å². The molecule has 1 aliphatic carbocycles. The van der Waals surface area contributed by atoms with Crippen molar-refractivity contribution >= 4 is 35.6 Å². The second-order valence-electron chi connectivity index (χ2n) is 5.58. The van der Waals surface area contributed by atoms with Crippen molar-refractivity contribution in [2.75, 3.05) is 20.1 Å². The maximum atomic E-state index is 6.14. The number of halogens is 3. The van der Waals surface area contributed by atoms with E-state index in [0.717, 1.165) is 13.1 Å². The topological polar surface area (TPSA) is 24.1 Å². The largest absolute Gasteiger partial charge is 0.320 e. The van der Waals surface area contributed by atoms with Gasteiger partial charge in [-0.15, -0.1) is 12.4 Å². The Labute approximate surface area is 144 Å². The van der Waals surface area contributed by atoms with Crippen LogP contribution in [-0.2, 0) is 0 Å². The highest BCUT2D eigenvalue weighted by Gasteiger charge is 2.28. The van der Waals surface area contributed by atoms with Crippen molar-refractivity contribution in [2.24, 2.45) is 0 Å². The summed E-state index contributed by atoms with van der Waals surface area (Å²) in [5.74, 6) is 0.578. The monoisotopic (exact) mass is 350 g/mol. The van der Waals surface area contributed by atoms with Crippen molar-refractivity contribution in [1.29, 1.82) is 0 Å². The zero-order valence-electron chi connectivity index (χ0n) is 12.5. The molecule has 2 rings (SSSR count). The molecule has 0 aliphatic heterocycles. The summed E-state index contributed by atoms with van der Waals surface area (Å²) in [5, 5.41) is 8.22. The minimum atomic E-state index is 0. The fourth-order valence-electron chi connectivity index (χ4n) is 3.06. The molecule has 2 unspecified atom stereocenters. The van der Waals surface area contributed by atoms with Gasteiger partial charge < -0.3 is 10.6 Å². The quantitative estimate of drug-likeness (QED) is 0.699. The van der Waals surface area contributed by atoms with Gasteiger partial charge in [-0.05, 0) is 69.4 Å². The molecule has 0 aromatic heterocycles. The molecule has 0 spiro atoms. The van der Waals surface area contributed by atoms with Crippen LogP contribution in [0, 0.1) is 0 Å². The Balaban J connectivity index is 0.00000220. The van der Waals surface area contributed by atoms with Gasteiger partial charge in [0, 0.05) is 6.04 Å². The predicted molar refractivity (Wildman–Crippen MR) is 95.3 cm³/mol. The van der Waals surface area contributed by atoms with Gasteiger partial charge in [0.1, 0.15) is 0 Å². The van der Waals surface area contributed by atoms with Gasteiger partial charge in [-0.2, -0.15) is 0 Å². The third-order valence-corrected chi connectivity index (χ3v) is 4.89. The highest BCUT2D eigenvalue weighted by Crippen LogP contribution is 2.36. The van der Waals surface area contributed by atoms with E-state index in [-0.39, 0.29) is 12.4 Å². The van der Waals surface area contributed by atoms with Gasteiger partial charge in [-0.3, -0.25) is 0 Å². The van der Waals surface area contributed by atoms with Crippen LogP contribution in [0.3, 0.4) is 0 Å². The molecule has 0 bridgehead atoms. The lowest BCUT2D eigenvalue weighted by atomic mass is 9.94. The second-order valence-corrected chi connectivity index (χ2v) is 6.40. The van der Waals surface area contributed by atoms with Crippen LogP contribution in [0.4, 0.5) is 0 Å². The van der Waals surface area contributed by atoms with Crippen molar-refractivity contribution in [3.63, 3.8) is 0 Å². The zero-order valence-corrected chi connectivity index (χ0v) is 14.8. The molecule has 1 aromatic rings. The van der Waals surface area contributed by atoms with E-state index in [1.54, 1.807) is 0 Å². The lowest BCUT2D eigenvalue weighted by Crippen LogP contribution is -2.32. The lowest BCUT2D eigenvalue weighted by molar-refractivity contribution is 0.467. The summed E-state index contributed by atoms with van der Waals surface area (Å²) in [6, 6.07) is 6.67. The first-order chi connectivity index (χ1) is 9.72. The van der Waals surface area contributed by atoms with Gasteiger partial charge in [-0.1, -0.05) is 35.7 Å². The maximum Gasteiger partial charge on any atom is 0.0595 e. The number of hydrogen-bond donors (Lipinski definition) is 2. The molecule has 1 aromatic carbocycles. The molecule has 0 heterocycles. The molecule has 2 atom stereocenters. The van der Waals surface area contributed by atoms with Gasteiger partial charge >= 0.3 is 0 Å². The fourth-order valence-corrected chi connectivity index (χ4v) is 3.37. The molecule has 1 aliphatic rings. The van der Waals surface area contributed by atoms with Gasteiger partial charge in [0.05, 0.1) is 10.0 Å². The molecular weight excluding hydrogens is 327 g/mol. The standard InChI is InChI=1S/C16H24Cl2N2.ClH/c1-19-9-2-3-10-20-16-6-4-5-13(16)12-7-8-14(17)15(18)11-12;/h7-8,11,13,16,19-20H,2-6,9-10H2,1H3;1H. The van der Waals surface area contributed by atoms with E-state index in [2.05, 4.69) is 16.7 Å². The predicted octanol–water partition coefficient (Wildman–Crippen LogP) is 4.64. The minimum absolute atomic E-state index is 0. The Kier molecular flexibility index (Phi) is 9.00. The van der Waals surface area contributed by atoms with Crippen molar-refractivity contribution in [2.45, 2.75) is 44.1 Å². The number of nitrogens with one attached hydrogen (secondary N) is 2. The average molecular weight is 352 g/mol. The first-order valence-electron chi connectivity index (χ1n) is 7.55. The van der Waals surface area contributed by atoms with Crippen LogP contribution in [0.15, 0.2) is 18.2 Å². The molecule has 0 radical (unpaired) electrons. The third-order valence-electron chi connectivity index (χ3n) is 4.15. The molecule has 0 saturated heterocycles. The van der Waals surface area contributed by atoms with Crippen LogP contribution in [0.2, 0.25) is 10.0 Å². The molecule has 2 nitrogen and oxygen atoms in total. The molecule has 0 amide bonds. The van der Waals surface area contributed by atoms with E-state index in [1.165, 1.54) is 37.7 Å². The normalized spacial score (nSPS) is 21.3. The SMILES string of the molecule is CNCCCCNC1CCCC1c1ccc(Cl)c(Cl)c1.Cl. The van der Waals surface area contributed by atoms with E-state index in [1.807, 2.05) is 19.2 Å². The summed E-state index contributed by atoms with van der Waals surface area (Å²) in [6.45, 7) is 2.20. The molecule has 2 N–H and O–H groups in total. The van der Waals surface area contributed by atoms with Crippen LogP contribution in [-0.4, -0.2) is 26.2 Å². The van der Waals surface area contributed by atoms with Crippen LogP contribution >= 0.6 is 35.6 Å². The Morgan fingerprint density at radius 2 is 1.86 bits per heavy atom. The van der Waals surface area contributed by atoms with E-state index < -0.39 is 0 Å². The van der Waals surface area contributed by atoms with Gasteiger partial charge in [0.15, 0.2) is 0 Å². The third kappa shape index (κ3) is 5.61. The number of rotatable bonds is 7. The molecular formula is C16H25Cl3N2. The summed E-state index contributed by atoms with van der Waals surface area (Å²) in [6.07, 6.45) is 6.25. The highest BCUT2D eigenvalue weighted by molar-refractivity contribution is 6.42. The zero-order chi connectivity index (χ0) is 14.4. The van der Waals surface area contributed by atoms with E-state index >= 15 is 0 Å². The van der Waals surface area contributed by atoms with Crippen molar-refractivity contribution in [1.82, 2.24) is 10.6 Å². The summed E-state index contributed by atoms with van der Waals surface area (Å²) < 4.78 is 0. The van der Waals surface area contributed by atoms with Crippen molar-refractivity contribution in [3.8, 4) is 0 Å². The van der Waals surface area contributed by atoms with E-state index in [4.69, 9.17) is 23.2 Å². The van der Waals surface area contributed by atoms with Crippen LogP contribution in [0.5, 0.6) is 0 Å². The van der Waals surface area contributed by atoms with Crippen molar-refractivity contribution in [3.05, 3.63) is 33.8 Å². The first kappa shape index (κ1) is 19.1. The Hall–Kier alpha value is 0.01000. The average Bonchev–Trinajstić information content (AvgIpc) is 2.90. The Bertz CT molecular complexity index is 426. The molecule has 5 heteroatoms. The molecule has 1 saturated carbocycles. The summed E-state index contributed by atoms with van der Waals surface area (Å²) in [5.41, 5.74) is 1.32. The highest BCUT2D eigenvalue weighted by atomic mass is 35.5. The smallest absolute Gasteiger partial charge is 0.0595 e. The Morgan fingerprint density at radius 1 is 1.10 bits per heavy atom. The van der Waals surface area contributed by atoms with Crippen LogP contribution < -0.4 is 10.6 Å². The first-order valence-corrected chi connectivity index (χ1v) is 8.31.